The normalized spacial score (nSPS) is 18.6. The van der Waals surface area contributed by atoms with E-state index < -0.39 is 12.1 Å². The smallest absolute Gasteiger partial charge is 0.377 e. The van der Waals surface area contributed by atoms with Crippen molar-refractivity contribution >= 4 is 5.97 Å². The van der Waals surface area contributed by atoms with Crippen LogP contribution in [0.2, 0.25) is 0 Å². The predicted octanol–water partition coefficient (Wildman–Crippen LogP) is 2.33. The molecule has 0 saturated heterocycles. The van der Waals surface area contributed by atoms with Gasteiger partial charge in [-0.3, -0.25) is 0 Å². The molecule has 1 aromatic carbocycles. The first-order valence-corrected chi connectivity index (χ1v) is 5.68. The highest BCUT2D eigenvalue weighted by Gasteiger charge is 2.26. The minimum atomic E-state index is -1.50. The van der Waals surface area contributed by atoms with E-state index in [4.69, 9.17) is 0 Å². The summed E-state index contributed by atoms with van der Waals surface area (Å²) in [5.74, 6) is -1.03. The highest BCUT2D eigenvalue weighted by molar-refractivity contribution is 5.74. The summed E-state index contributed by atoms with van der Waals surface area (Å²) in [5.41, 5.74) is 1.46. The molecule has 16 heavy (non-hydrogen) atoms. The third kappa shape index (κ3) is 2.09. The fourth-order valence-electron chi connectivity index (χ4n) is 2.50. The number of carbonyl (C=O) groups excluding carboxylic acids is 1. The molecule has 0 bridgehead atoms. The predicted molar refractivity (Wildman–Crippen MR) is 58.3 cm³/mol. The molecule has 0 spiro atoms. The van der Waals surface area contributed by atoms with Crippen molar-refractivity contribution in [2.24, 2.45) is 0 Å². The fraction of sp³-hybridized carbons (Fsp3) is 0.462. The van der Waals surface area contributed by atoms with Crippen molar-refractivity contribution < 1.29 is 15.0 Å². The molecule has 1 radical (unpaired) electrons. The van der Waals surface area contributed by atoms with Gasteiger partial charge in [0.1, 0.15) is 0 Å². The van der Waals surface area contributed by atoms with Crippen molar-refractivity contribution in [2.45, 2.75) is 37.7 Å². The van der Waals surface area contributed by atoms with Gasteiger partial charge in [-0.2, -0.15) is 0 Å². The van der Waals surface area contributed by atoms with Crippen molar-refractivity contribution in [2.75, 3.05) is 0 Å². The molecule has 0 amide bonds. The lowest BCUT2D eigenvalue weighted by molar-refractivity contribution is -0.153. The van der Waals surface area contributed by atoms with Crippen LogP contribution in [0.25, 0.3) is 0 Å². The summed E-state index contributed by atoms with van der Waals surface area (Å²) in [5, 5.41) is 20.3. The second-order valence-corrected chi connectivity index (χ2v) is 4.33. The summed E-state index contributed by atoms with van der Waals surface area (Å²) in [7, 11) is 0. The van der Waals surface area contributed by atoms with Crippen LogP contribution in [0.1, 0.15) is 48.8 Å². The van der Waals surface area contributed by atoms with E-state index in [1.807, 2.05) is 12.1 Å². The van der Waals surface area contributed by atoms with Crippen molar-refractivity contribution in [1.82, 2.24) is 0 Å². The van der Waals surface area contributed by atoms with Gasteiger partial charge in [0.15, 0.2) is 6.10 Å². The Morgan fingerprint density at radius 2 is 1.88 bits per heavy atom. The topological polar surface area (TPSA) is 57.2 Å². The van der Waals surface area contributed by atoms with Crippen LogP contribution in [0.5, 0.6) is 0 Å². The Morgan fingerprint density at radius 3 is 2.50 bits per heavy atom. The number of hydrogen-bond donors (Lipinski definition) is 1. The number of hydrogen-bond acceptors (Lipinski definition) is 2. The largest absolute Gasteiger partial charge is 0.388 e. The van der Waals surface area contributed by atoms with E-state index in [1.165, 1.54) is 12.8 Å². The van der Waals surface area contributed by atoms with Crippen molar-refractivity contribution in [3.05, 3.63) is 35.4 Å². The second-order valence-electron chi connectivity index (χ2n) is 4.33. The van der Waals surface area contributed by atoms with Crippen LogP contribution in [-0.4, -0.2) is 11.1 Å². The molecule has 1 aliphatic rings. The molecule has 1 atom stereocenters. The minimum absolute atomic E-state index is 0.394. The van der Waals surface area contributed by atoms with Gasteiger partial charge >= 0.3 is 5.97 Å². The Morgan fingerprint density at radius 1 is 1.25 bits per heavy atom. The number of rotatable bonds is 3. The monoisotopic (exact) mass is 219 g/mol. The molecule has 0 heterocycles. The summed E-state index contributed by atoms with van der Waals surface area (Å²) >= 11 is 0. The third-order valence-electron chi connectivity index (χ3n) is 3.31. The second kappa shape index (κ2) is 4.66. The van der Waals surface area contributed by atoms with E-state index in [0.717, 1.165) is 18.4 Å². The number of aliphatic hydroxyl groups is 1. The number of carbonyl (C=O) groups is 1. The summed E-state index contributed by atoms with van der Waals surface area (Å²) < 4.78 is 0. The number of aliphatic hydroxyl groups excluding tert-OH is 1. The molecule has 0 aliphatic heterocycles. The summed E-state index contributed by atoms with van der Waals surface area (Å²) in [4.78, 5) is 10.7. The molecular formula is C13H15O3. The molecule has 1 aromatic rings. The third-order valence-corrected chi connectivity index (χ3v) is 3.31. The molecule has 2 rings (SSSR count). The highest BCUT2D eigenvalue weighted by Crippen LogP contribution is 2.37. The van der Waals surface area contributed by atoms with E-state index in [1.54, 1.807) is 12.1 Å². The van der Waals surface area contributed by atoms with Gasteiger partial charge in [-0.1, -0.05) is 37.1 Å². The van der Waals surface area contributed by atoms with Gasteiger partial charge in [0.25, 0.3) is 0 Å². The van der Waals surface area contributed by atoms with Crippen molar-refractivity contribution in [3.63, 3.8) is 0 Å². The number of benzene rings is 1. The van der Waals surface area contributed by atoms with Crippen LogP contribution in [0.15, 0.2) is 24.3 Å². The van der Waals surface area contributed by atoms with Crippen molar-refractivity contribution in [3.8, 4) is 0 Å². The maximum atomic E-state index is 10.7. The van der Waals surface area contributed by atoms with E-state index in [-0.39, 0.29) is 0 Å². The van der Waals surface area contributed by atoms with Crippen molar-refractivity contribution in [1.29, 1.82) is 0 Å². The lowest BCUT2D eigenvalue weighted by atomic mass is 9.90. The molecule has 1 fully saturated rings. The zero-order valence-electron chi connectivity index (χ0n) is 9.06. The van der Waals surface area contributed by atoms with E-state index in [9.17, 15) is 15.0 Å². The minimum Gasteiger partial charge on any atom is -0.377 e. The lowest BCUT2D eigenvalue weighted by Crippen LogP contribution is -2.12. The molecule has 3 nitrogen and oxygen atoms in total. The Hall–Kier alpha value is -1.35. The molecule has 0 aromatic heterocycles. The Bertz CT molecular complexity index is 381. The van der Waals surface area contributed by atoms with E-state index >= 15 is 0 Å². The summed E-state index contributed by atoms with van der Waals surface area (Å²) in [6.45, 7) is 0. The maximum Gasteiger partial charge on any atom is 0.388 e. The van der Waals surface area contributed by atoms with Crippen LogP contribution in [0.4, 0.5) is 0 Å². The van der Waals surface area contributed by atoms with Gasteiger partial charge in [-0.15, -0.1) is 0 Å². The van der Waals surface area contributed by atoms with Gasteiger partial charge in [0.2, 0.25) is 0 Å². The van der Waals surface area contributed by atoms with Crippen LogP contribution < -0.4 is 0 Å². The zero-order chi connectivity index (χ0) is 11.5. The Balaban J connectivity index is 2.33. The average molecular weight is 219 g/mol. The summed E-state index contributed by atoms with van der Waals surface area (Å²) in [6, 6.07) is 7.23. The lowest BCUT2D eigenvalue weighted by Gasteiger charge is -2.16. The van der Waals surface area contributed by atoms with Gasteiger partial charge in [-0.05, 0) is 29.9 Å². The van der Waals surface area contributed by atoms with Gasteiger partial charge in [0.05, 0.1) is 0 Å². The Kier molecular flexibility index (Phi) is 3.25. The fourth-order valence-corrected chi connectivity index (χ4v) is 2.50. The first kappa shape index (κ1) is 11.1. The highest BCUT2D eigenvalue weighted by atomic mass is 16.4. The average Bonchev–Trinajstić information content (AvgIpc) is 2.81. The van der Waals surface area contributed by atoms with Crippen LogP contribution >= 0.6 is 0 Å². The molecule has 85 valence electrons. The van der Waals surface area contributed by atoms with Crippen LogP contribution in [-0.2, 0) is 9.90 Å². The van der Waals surface area contributed by atoms with Gasteiger partial charge in [0, 0.05) is 0 Å². The zero-order valence-corrected chi connectivity index (χ0v) is 9.06. The van der Waals surface area contributed by atoms with E-state index in [2.05, 4.69) is 0 Å². The molecule has 1 saturated carbocycles. The quantitative estimate of drug-likeness (QED) is 0.848. The first-order chi connectivity index (χ1) is 7.70. The molecule has 1 unspecified atom stereocenters. The first-order valence-electron chi connectivity index (χ1n) is 5.68. The van der Waals surface area contributed by atoms with Gasteiger partial charge in [-0.25, -0.2) is 9.90 Å². The van der Waals surface area contributed by atoms with Crippen LogP contribution in [0.3, 0.4) is 0 Å². The Labute approximate surface area is 94.7 Å². The molecule has 1 N–H and O–H groups in total. The van der Waals surface area contributed by atoms with Gasteiger partial charge < -0.3 is 5.11 Å². The standard InChI is InChI=1S/C13H15O3/c14-12(13(15)16)11-8-4-3-7-10(11)9-5-1-2-6-9/h3-4,7-9,12,14H,1-2,5-6H2. The summed E-state index contributed by atoms with van der Waals surface area (Å²) in [6.07, 6.45) is 3.02. The maximum absolute atomic E-state index is 10.7. The molecule has 1 aliphatic carbocycles. The SMILES string of the molecule is [O]C(=O)C(O)c1ccccc1C1CCCC1. The van der Waals surface area contributed by atoms with Crippen LogP contribution in [0, 0.1) is 0 Å². The molecular weight excluding hydrogens is 204 g/mol. The van der Waals surface area contributed by atoms with E-state index in [0.29, 0.717) is 11.5 Å². The molecule has 3 heteroatoms.